The van der Waals surface area contributed by atoms with E-state index in [2.05, 4.69) is 28.5 Å². The van der Waals surface area contributed by atoms with Crippen LogP contribution < -0.4 is 0 Å². The van der Waals surface area contributed by atoms with E-state index in [1.165, 1.54) is 32.1 Å². The number of imidazole rings is 1. The first-order chi connectivity index (χ1) is 9.60. The fraction of sp³-hybridized carbons (Fsp3) is 0.733. The highest BCUT2D eigenvalue weighted by Gasteiger charge is 2.20. The van der Waals surface area contributed by atoms with Crippen LogP contribution in [0.3, 0.4) is 0 Å². The van der Waals surface area contributed by atoms with Gasteiger partial charge in [0, 0.05) is 13.1 Å². The van der Waals surface area contributed by atoms with E-state index in [4.69, 9.17) is 11.6 Å². The molecule has 112 valence electrons. The Balaban J connectivity index is 2.26. The monoisotopic (exact) mass is 296 g/mol. The van der Waals surface area contributed by atoms with Crippen LogP contribution in [0.25, 0.3) is 11.2 Å². The molecule has 0 saturated carbocycles. The van der Waals surface area contributed by atoms with Crippen molar-refractivity contribution in [1.29, 1.82) is 0 Å². The van der Waals surface area contributed by atoms with E-state index in [1.54, 1.807) is 0 Å². The van der Waals surface area contributed by atoms with Gasteiger partial charge in [0.2, 0.25) is 0 Å². The van der Waals surface area contributed by atoms with E-state index in [9.17, 15) is 0 Å². The summed E-state index contributed by atoms with van der Waals surface area (Å²) in [5, 5.41) is 4.47. The van der Waals surface area contributed by atoms with Crippen molar-refractivity contribution in [3.05, 3.63) is 11.5 Å². The summed E-state index contributed by atoms with van der Waals surface area (Å²) in [6, 6.07) is 0.417. The predicted molar refractivity (Wildman–Crippen MR) is 84.3 cm³/mol. The Hall–Kier alpha value is -1.03. The second-order valence-electron chi connectivity index (χ2n) is 5.61. The van der Waals surface area contributed by atoms with Gasteiger partial charge in [0.05, 0.1) is 11.6 Å². The van der Waals surface area contributed by atoms with Crippen molar-refractivity contribution in [3.8, 4) is 0 Å². The highest BCUT2D eigenvalue weighted by Crippen LogP contribution is 2.27. The molecule has 2 rings (SSSR count). The van der Waals surface area contributed by atoms with Crippen LogP contribution in [-0.2, 0) is 12.9 Å². The molecule has 0 radical (unpaired) electrons. The molecule has 0 fully saturated rings. The number of alkyl halides is 1. The number of halogens is 1. The fourth-order valence-electron chi connectivity index (χ4n) is 2.89. The van der Waals surface area contributed by atoms with Gasteiger partial charge in [-0.25, -0.2) is 4.98 Å². The molecule has 5 heteroatoms. The Morgan fingerprint density at radius 1 is 1.25 bits per heavy atom. The Morgan fingerprint density at radius 3 is 2.65 bits per heavy atom. The summed E-state index contributed by atoms with van der Waals surface area (Å²) >= 11 is 6.08. The third-order valence-corrected chi connectivity index (χ3v) is 4.18. The van der Waals surface area contributed by atoms with E-state index in [0.29, 0.717) is 11.9 Å². The van der Waals surface area contributed by atoms with Crippen LogP contribution in [0.5, 0.6) is 0 Å². The first-order valence-corrected chi connectivity index (χ1v) is 8.10. The van der Waals surface area contributed by atoms with E-state index in [0.717, 1.165) is 22.7 Å². The molecule has 2 aromatic rings. The third-order valence-electron chi connectivity index (χ3n) is 3.94. The molecular formula is C15H25ClN4. The second kappa shape index (κ2) is 6.61. The van der Waals surface area contributed by atoms with E-state index in [-0.39, 0.29) is 0 Å². The van der Waals surface area contributed by atoms with Gasteiger partial charge in [0.25, 0.3) is 0 Å². The third kappa shape index (κ3) is 2.85. The highest BCUT2D eigenvalue weighted by atomic mass is 35.5. The van der Waals surface area contributed by atoms with Crippen molar-refractivity contribution in [1.82, 2.24) is 19.3 Å². The van der Waals surface area contributed by atoms with Gasteiger partial charge in [-0.2, -0.15) is 5.10 Å². The first-order valence-electron chi connectivity index (χ1n) is 7.56. The number of nitrogens with zero attached hydrogens (tertiary/aromatic N) is 4. The molecule has 1 unspecified atom stereocenters. The van der Waals surface area contributed by atoms with Crippen LogP contribution in [0, 0.1) is 6.92 Å². The largest absolute Gasteiger partial charge is 0.309 e. The molecule has 0 saturated heterocycles. The van der Waals surface area contributed by atoms with E-state index < -0.39 is 0 Å². The summed E-state index contributed by atoms with van der Waals surface area (Å²) in [5.74, 6) is 1.41. The quantitative estimate of drug-likeness (QED) is 0.562. The topological polar surface area (TPSA) is 35.6 Å². The van der Waals surface area contributed by atoms with E-state index >= 15 is 0 Å². The van der Waals surface area contributed by atoms with Crippen LogP contribution in [0.4, 0.5) is 0 Å². The molecule has 20 heavy (non-hydrogen) atoms. The van der Waals surface area contributed by atoms with Gasteiger partial charge in [-0.05, 0) is 20.3 Å². The molecule has 0 aliphatic heterocycles. The standard InChI is InChI=1S/C15H25ClN4/c1-5-6-7-8-9-11(2)20-13(10-16)17-14-12(3)18-19(4)15(14)20/h11H,5-10H2,1-4H3. The molecule has 1 atom stereocenters. The Morgan fingerprint density at radius 2 is 2.00 bits per heavy atom. The van der Waals surface area contributed by atoms with Crippen LogP contribution in [0.1, 0.15) is 63.5 Å². The van der Waals surface area contributed by atoms with Crippen LogP contribution in [0.15, 0.2) is 0 Å². The summed E-state index contributed by atoms with van der Waals surface area (Å²) in [5.41, 5.74) is 3.07. The van der Waals surface area contributed by atoms with Crippen molar-refractivity contribution >= 4 is 22.8 Å². The zero-order valence-electron chi connectivity index (χ0n) is 13.0. The fourth-order valence-corrected chi connectivity index (χ4v) is 3.08. The maximum Gasteiger partial charge on any atom is 0.158 e. The summed E-state index contributed by atoms with van der Waals surface area (Å²) in [6.07, 6.45) is 6.32. The van der Waals surface area contributed by atoms with E-state index in [1.807, 2.05) is 18.7 Å². The normalized spacial score (nSPS) is 13.2. The molecule has 0 amide bonds. The second-order valence-corrected chi connectivity index (χ2v) is 5.88. The van der Waals surface area contributed by atoms with Gasteiger partial charge in [-0.1, -0.05) is 32.6 Å². The summed E-state index contributed by atoms with van der Waals surface area (Å²) in [4.78, 5) is 4.66. The number of aromatic nitrogens is 4. The molecule has 0 aliphatic carbocycles. The van der Waals surface area contributed by atoms with Gasteiger partial charge in [0.1, 0.15) is 11.3 Å². The van der Waals surface area contributed by atoms with Gasteiger partial charge in [-0.15, -0.1) is 11.6 Å². The van der Waals surface area contributed by atoms with Gasteiger partial charge < -0.3 is 4.57 Å². The highest BCUT2D eigenvalue weighted by molar-refractivity contribution is 6.16. The number of fused-ring (bicyclic) bond motifs is 1. The van der Waals surface area contributed by atoms with Crippen LogP contribution in [-0.4, -0.2) is 19.3 Å². The molecule has 0 aromatic carbocycles. The molecule has 2 heterocycles. The minimum absolute atomic E-state index is 0.417. The number of hydrogen-bond donors (Lipinski definition) is 0. The molecule has 2 aromatic heterocycles. The predicted octanol–water partition coefficient (Wildman–Crippen LogP) is 4.35. The average Bonchev–Trinajstić information content (AvgIpc) is 2.93. The average molecular weight is 297 g/mol. The van der Waals surface area contributed by atoms with Crippen molar-refractivity contribution in [2.45, 2.75) is 64.8 Å². The number of unbranched alkanes of at least 4 members (excludes halogenated alkanes) is 3. The lowest BCUT2D eigenvalue weighted by Crippen LogP contribution is -2.11. The van der Waals surface area contributed by atoms with Gasteiger partial charge in [-0.3, -0.25) is 4.68 Å². The minimum Gasteiger partial charge on any atom is -0.309 e. The smallest absolute Gasteiger partial charge is 0.158 e. The summed E-state index contributed by atoms with van der Waals surface area (Å²) in [6.45, 7) is 6.50. The lowest BCUT2D eigenvalue weighted by molar-refractivity contribution is 0.466. The van der Waals surface area contributed by atoms with Crippen molar-refractivity contribution in [3.63, 3.8) is 0 Å². The number of aryl methyl sites for hydroxylation is 2. The molecule has 0 aliphatic rings. The van der Waals surface area contributed by atoms with Crippen LogP contribution >= 0.6 is 11.6 Å². The molecule has 0 N–H and O–H groups in total. The maximum atomic E-state index is 6.08. The molecule has 0 bridgehead atoms. The Labute approximate surface area is 126 Å². The summed E-state index contributed by atoms with van der Waals surface area (Å²) in [7, 11) is 1.98. The van der Waals surface area contributed by atoms with Gasteiger partial charge in [0.15, 0.2) is 5.65 Å². The first kappa shape index (κ1) is 15.4. The molecular weight excluding hydrogens is 272 g/mol. The lowest BCUT2D eigenvalue weighted by Gasteiger charge is -2.17. The summed E-state index contributed by atoms with van der Waals surface area (Å²) < 4.78 is 4.20. The zero-order chi connectivity index (χ0) is 14.7. The van der Waals surface area contributed by atoms with Crippen molar-refractivity contribution in [2.75, 3.05) is 0 Å². The maximum absolute atomic E-state index is 6.08. The Bertz CT molecular complexity index is 570. The number of hydrogen-bond acceptors (Lipinski definition) is 2. The molecule has 4 nitrogen and oxygen atoms in total. The van der Waals surface area contributed by atoms with Crippen molar-refractivity contribution < 1.29 is 0 Å². The van der Waals surface area contributed by atoms with Crippen molar-refractivity contribution in [2.24, 2.45) is 7.05 Å². The lowest BCUT2D eigenvalue weighted by atomic mass is 10.1. The van der Waals surface area contributed by atoms with Crippen LogP contribution in [0.2, 0.25) is 0 Å². The molecule has 0 spiro atoms. The SMILES string of the molecule is CCCCCCC(C)n1c(CCl)nc2c(C)nn(C)c21. The minimum atomic E-state index is 0.417. The van der Waals surface area contributed by atoms with Gasteiger partial charge >= 0.3 is 0 Å². The zero-order valence-corrected chi connectivity index (χ0v) is 13.7. The Kier molecular flexibility index (Phi) is 5.08. The number of rotatable bonds is 7.